The lowest BCUT2D eigenvalue weighted by Crippen LogP contribution is -2.26. The summed E-state index contributed by atoms with van der Waals surface area (Å²) in [5.74, 6) is -0.113. The third kappa shape index (κ3) is 5.17. The first-order valence-corrected chi connectivity index (χ1v) is 8.11. The number of hydrogen-bond acceptors (Lipinski definition) is 6. The summed E-state index contributed by atoms with van der Waals surface area (Å²) in [4.78, 5) is 27.9. The Morgan fingerprint density at radius 1 is 1.26 bits per heavy atom. The zero-order valence-electron chi connectivity index (χ0n) is 13.4. The van der Waals surface area contributed by atoms with E-state index < -0.39 is 11.4 Å². The van der Waals surface area contributed by atoms with Crippen molar-refractivity contribution in [2.75, 3.05) is 6.61 Å². The summed E-state index contributed by atoms with van der Waals surface area (Å²) in [6.07, 6.45) is 0. The Morgan fingerprint density at radius 2 is 2.04 bits per heavy atom. The van der Waals surface area contributed by atoms with Crippen molar-refractivity contribution in [2.24, 2.45) is 5.41 Å². The van der Waals surface area contributed by atoms with Gasteiger partial charge in [-0.25, -0.2) is 9.78 Å². The van der Waals surface area contributed by atoms with E-state index in [2.05, 4.69) is 4.98 Å². The molecule has 0 fully saturated rings. The molecule has 23 heavy (non-hydrogen) atoms. The molecule has 0 aliphatic carbocycles. The number of Topliss-reactive ketones (excluding diaryl/α,β-unsaturated/α-hetero) is 1. The fourth-order valence-electron chi connectivity index (χ4n) is 1.61. The Morgan fingerprint density at radius 3 is 2.70 bits per heavy atom. The number of ketones is 1. The van der Waals surface area contributed by atoms with Crippen LogP contribution in [0.1, 0.15) is 36.8 Å². The average Bonchev–Trinajstić information content (AvgIpc) is 3.03. The summed E-state index contributed by atoms with van der Waals surface area (Å²) in [5, 5.41) is 1.90. The van der Waals surface area contributed by atoms with Gasteiger partial charge in [0.25, 0.3) is 0 Å². The molecule has 0 aliphatic heterocycles. The van der Waals surface area contributed by atoms with E-state index >= 15 is 0 Å². The van der Waals surface area contributed by atoms with Crippen LogP contribution in [0.5, 0.6) is 5.75 Å². The molecule has 0 saturated carbocycles. The molecule has 5 nitrogen and oxygen atoms in total. The number of rotatable bonds is 6. The van der Waals surface area contributed by atoms with E-state index in [0.717, 1.165) is 5.69 Å². The molecule has 0 amide bonds. The lowest BCUT2D eigenvalue weighted by atomic mass is 9.91. The summed E-state index contributed by atoms with van der Waals surface area (Å²) in [6, 6.07) is 6.68. The van der Waals surface area contributed by atoms with Gasteiger partial charge in [-0.3, -0.25) is 4.79 Å². The SMILES string of the molecule is CC(C)(C)C(=O)COC(=O)c1cccc(OCc2cscn2)c1. The lowest BCUT2D eigenvalue weighted by molar-refractivity contribution is -0.129. The summed E-state index contributed by atoms with van der Waals surface area (Å²) < 4.78 is 10.7. The van der Waals surface area contributed by atoms with Crippen LogP contribution >= 0.6 is 11.3 Å². The molecule has 122 valence electrons. The molecule has 2 aromatic rings. The smallest absolute Gasteiger partial charge is 0.338 e. The summed E-state index contributed by atoms with van der Waals surface area (Å²) >= 11 is 1.50. The third-order valence-electron chi connectivity index (χ3n) is 3.11. The van der Waals surface area contributed by atoms with Crippen LogP contribution in [0, 0.1) is 5.41 Å². The van der Waals surface area contributed by atoms with Crippen LogP contribution in [-0.4, -0.2) is 23.3 Å². The quantitative estimate of drug-likeness (QED) is 0.757. The Labute approximate surface area is 139 Å². The molecule has 0 radical (unpaired) electrons. The molecular formula is C17H19NO4S. The van der Waals surface area contributed by atoms with Gasteiger partial charge in [0, 0.05) is 10.8 Å². The Hall–Kier alpha value is -2.21. The van der Waals surface area contributed by atoms with Crippen molar-refractivity contribution in [3.05, 3.63) is 46.4 Å². The number of carbonyl (C=O) groups is 2. The standard InChI is InChI=1S/C17H19NO4S/c1-17(2,3)15(19)9-22-16(20)12-5-4-6-14(7-12)21-8-13-10-23-11-18-13/h4-7,10-11H,8-9H2,1-3H3. The van der Waals surface area contributed by atoms with Gasteiger partial charge in [0.2, 0.25) is 0 Å². The molecule has 1 aromatic heterocycles. The van der Waals surface area contributed by atoms with Crippen molar-refractivity contribution in [3.8, 4) is 5.75 Å². The average molecular weight is 333 g/mol. The van der Waals surface area contributed by atoms with Gasteiger partial charge in [0.1, 0.15) is 12.4 Å². The van der Waals surface area contributed by atoms with Crippen molar-refractivity contribution in [2.45, 2.75) is 27.4 Å². The zero-order valence-corrected chi connectivity index (χ0v) is 14.2. The fraction of sp³-hybridized carbons (Fsp3) is 0.353. The number of carbonyl (C=O) groups excluding carboxylic acids is 2. The number of benzene rings is 1. The Bertz CT molecular complexity index is 674. The molecule has 0 N–H and O–H groups in total. The Balaban J connectivity index is 1.93. The molecule has 2 rings (SSSR count). The number of nitrogens with zero attached hydrogens (tertiary/aromatic N) is 1. The van der Waals surface area contributed by atoms with E-state index in [-0.39, 0.29) is 12.4 Å². The van der Waals surface area contributed by atoms with E-state index in [0.29, 0.717) is 17.9 Å². The molecule has 0 spiro atoms. The van der Waals surface area contributed by atoms with Crippen molar-refractivity contribution in [1.29, 1.82) is 0 Å². The highest BCUT2D eigenvalue weighted by atomic mass is 32.1. The van der Waals surface area contributed by atoms with Crippen LogP contribution in [0.4, 0.5) is 0 Å². The largest absolute Gasteiger partial charge is 0.487 e. The normalized spacial score (nSPS) is 11.1. The second-order valence-electron chi connectivity index (χ2n) is 6.05. The van der Waals surface area contributed by atoms with E-state index in [1.165, 1.54) is 11.3 Å². The van der Waals surface area contributed by atoms with E-state index in [1.807, 2.05) is 5.38 Å². The predicted molar refractivity (Wildman–Crippen MR) is 87.6 cm³/mol. The molecular weight excluding hydrogens is 314 g/mol. The highest BCUT2D eigenvalue weighted by molar-refractivity contribution is 7.07. The van der Waals surface area contributed by atoms with Crippen LogP contribution in [-0.2, 0) is 16.1 Å². The minimum absolute atomic E-state index is 0.123. The minimum Gasteiger partial charge on any atom is -0.487 e. The molecule has 0 aliphatic rings. The zero-order chi connectivity index (χ0) is 16.9. The first kappa shape index (κ1) is 17.1. The molecule has 1 heterocycles. The van der Waals surface area contributed by atoms with Gasteiger partial charge in [0.05, 0.1) is 16.8 Å². The van der Waals surface area contributed by atoms with Crippen molar-refractivity contribution in [3.63, 3.8) is 0 Å². The maximum atomic E-state index is 12.0. The van der Waals surface area contributed by atoms with E-state index in [1.54, 1.807) is 50.5 Å². The van der Waals surface area contributed by atoms with Gasteiger partial charge in [-0.2, -0.15) is 0 Å². The highest BCUT2D eigenvalue weighted by Gasteiger charge is 2.22. The maximum Gasteiger partial charge on any atom is 0.338 e. The molecule has 0 bridgehead atoms. The molecule has 0 saturated heterocycles. The van der Waals surface area contributed by atoms with Gasteiger partial charge in [-0.1, -0.05) is 26.8 Å². The number of ether oxygens (including phenoxy) is 2. The topological polar surface area (TPSA) is 65.5 Å². The number of thiazole rings is 1. The van der Waals surface area contributed by atoms with Gasteiger partial charge in [0.15, 0.2) is 12.4 Å². The number of hydrogen-bond donors (Lipinski definition) is 0. The summed E-state index contributed by atoms with van der Waals surface area (Å²) in [7, 11) is 0. The van der Waals surface area contributed by atoms with Gasteiger partial charge in [-0.05, 0) is 18.2 Å². The molecule has 1 aromatic carbocycles. The summed E-state index contributed by atoms with van der Waals surface area (Å²) in [6.45, 7) is 5.47. The van der Waals surface area contributed by atoms with Gasteiger partial charge < -0.3 is 9.47 Å². The van der Waals surface area contributed by atoms with E-state index in [4.69, 9.17) is 9.47 Å². The second kappa shape index (κ2) is 7.37. The predicted octanol–water partition coefficient (Wildman–Crippen LogP) is 3.49. The highest BCUT2D eigenvalue weighted by Crippen LogP contribution is 2.18. The van der Waals surface area contributed by atoms with Crippen molar-refractivity contribution in [1.82, 2.24) is 4.98 Å². The first-order valence-electron chi connectivity index (χ1n) is 7.16. The van der Waals surface area contributed by atoms with Crippen LogP contribution < -0.4 is 4.74 Å². The van der Waals surface area contributed by atoms with Crippen LogP contribution in [0.3, 0.4) is 0 Å². The number of esters is 1. The van der Waals surface area contributed by atoms with Crippen LogP contribution in [0.25, 0.3) is 0 Å². The molecule has 0 atom stereocenters. The minimum atomic E-state index is -0.540. The Kier molecular flexibility index (Phi) is 5.50. The third-order valence-corrected chi connectivity index (χ3v) is 3.75. The van der Waals surface area contributed by atoms with Crippen LogP contribution in [0.15, 0.2) is 35.2 Å². The van der Waals surface area contributed by atoms with Gasteiger partial charge >= 0.3 is 5.97 Å². The first-order chi connectivity index (χ1) is 10.9. The van der Waals surface area contributed by atoms with Crippen LogP contribution in [0.2, 0.25) is 0 Å². The molecule has 0 unspecified atom stereocenters. The maximum absolute atomic E-state index is 12.0. The number of aromatic nitrogens is 1. The fourth-order valence-corrected chi connectivity index (χ4v) is 2.15. The second-order valence-corrected chi connectivity index (χ2v) is 6.76. The lowest BCUT2D eigenvalue weighted by Gasteiger charge is -2.16. The summed E-state index contributed by atoms with van der Waals surface area (Å²) in [5.41, 5.74) is 2.39. The van der Waals surface area contributed by atoms with Crippen molar-refractivity contribution >= 4 is 23.1 Å². The molecule has 6 heteroatoms. The van der Waals surface area contributed by atoms with Crippen molar-refractivity contribution < 1.29 is 19.1 Å². The van der Waals surface area contributed by atoms with Gasteiger partial charge in [-0.15, -0.1) is 11.3 Å². The monoisotopic (exact) mass is 333 g/mol. The van der Waals surface area contributed by atoms with E-state index in [9.17, 15) is 9.59 Å².